The van der Waals surface area contributed by atoms with Crippen molar-refractivity contribution in [3.63, 3.8) is 0 Å². The van der Waals surface area contributed by atoms with E-state index in [0.717, 1.165) is 5.56 Å². The number of nitrogens with one attached hydrogen (secondary N) is 1. The van der Waals surface area contributed by atoms with E-state index in [4.69, 9.17) is 4.74 Å². The minimum absolute atomic E-state index is 0.110. The molecule has 0 aliphatic rings. The maximum Gasteiger partial charge on any atom is 0.255 e. The van der Waals surface area contributed by atoms with Crippen molar-refractivity contribution in [2.24, 2.45) is 0 Å². The summed E-state index contributed by atoms with van der Waals surface area (Å²) in [6.45, 7) is 2.01. The molecule has 1 amide bonds. The topological polar surface area (TPSA) is 58.6 Å². The van der Waals surface area contributed by atoms with Crippen LogP contribution in [0.5, 0.6) is 5.75 Å². The van der Waals surface area contributed by atoms with Crippen LogP contribution in [0.25, 0.3) is 0 Å². The SMILES string of the molecule is CCC(CO)NC(=O)c1ccccc1OCc1ccc(F)cc1. The number of carbonyl (C=O) groups is 1. The Labute approximate surface area is 134 Å². The zero-order valence-corrected chi connectivity index (χ0v) is 13.0. The fraction of sp³-hybridized carbons (Fsp3) is 0.278. The van der Waals surface area contributed by atoms with Crippen LogP contribution < -0.4 is 10.1 Å². The summed E-state index contributed by atoms with van der Waals surface area (Å²) < 4.78 is 18.6. The van der Waals surface area contributed by atoms with E-state index < -0.39 is 0 Å². The molecule has 4 nitrogen and oxygen atoms in total. The van der Waals surface area contributed by atoms with Gasteiger partial charge in [0, 0.05) is 0 Å². The van der Waals surface area contributed by atoms with Crippen molar-refractivity contribution in [2.75, 3.05) is 6.61 Å². The Hall–Kier alpha value is -2.40. The van der Waals surface area contributed by atoms with Gasteiger partial charge in [-0.1, -0.05) is 31.2 Å². The number of hydrogen-bond donors (Lipinski definition) is 2. The highest BCUT2D eigenvalue weighted by molar-refractivity contribution is 5.97. The third-order valence-electron chi connectivity index (χ3n) is 3.49. The molecule has 0 bridgehead atoms. The van der Waals surface area contributed by atoms with Gasteiger partial charge in [-0.15, -0.1) is 0 Å². The Kier molecular flexibility index (Phi) is 6.11. The van der Waals surface area contributed by atoms with Crippen molar-refractivity contribution >= 4 is 5.91 Å². The molecule has 0 saturated heterocycles. The van der Waals surface area contributed by atoms with Crippen LogP contribution in [0.4, 0.5) is 4.39 Å². The summed E-state index contributed by atoms with van der Waals surface area (Å²) in [5, 5.41) is 11.9. The Bertz CT molecular complexity index is 639. The van der Waals surface area contributed by atoms with Crippen LogP contribution in [0, 0.1) is 5.82 Å². The first kappa shape index (κ1) is 17.0. The molecular weight excluding hydrogens is 297 g/mol. The number of halogens is 1. The van der Waals surface area contributed by atoms with Gasteiger partial charge >= 0.3 is 0 Å². The average Bonchev–Trinajstić information content (AvgIpc) is 2.59. The second kappa shape index (κ2) is 8.29. The Morgan fingerprint density at radius 1 is 1.22 bits per heavy atom. The largest absolute Gasteiger partial charge is 0.488 e. The molecular formula is C18H20FNO3. The number of carbonyl (C=O) groups excluding carboxylic acids is 1. The fourth-order valence-corrected chi connectivity index (χ4v) is 2.06. The van der Waals surface area contributed by atoms with E-state index in [9.17, 15) is 14.3 Å². The molecule has 2 aromatic carbocycles. The Morgan fingerprint density at radius 3 is 2.57 bits per heavy atom. The Balaban J connectivity index is 2.07. The van der Waals surface area contributed by atoms with Gasteiger partial charge in [-0.3, -0.25) is 4.79 Å². The van der Waals surface area contributed by atoms with Crippen molar-refractivity contribution < 1.29 is 19.0 Å². The summed E-state index contributed by atoms with van der Waals surface area (Å²) in [6, 6.07) is 12.6. The number of rotatable bonds is 7. The van der Waals surface area contributed by atoms with Gasteiger partial charge < -0.3 is 15.2 Å². The van der Waals surface area contributed by atoms with Gasteiger partial charge in [-0.25, -0.2) is 4.39 Å². The number of aliphatic hydroxyl groups excluding tert-OH is 1. The zero-order chi connectivity index (χ0) is 16.7. The van der Waals surface area contributed by atoms with Gasteiger partial charge in [-0.2, -0.15) is 0 Å². The molecule has 2 N–H and O–H groups in total. The van der Waals surface area contributed by atoms with E-state index in [1.165, 1.54) is 12.1 Å². The number of amides is 1. The van der Waals surface area contributed by atoms with E-state index in [2.05, 4.69) is 5.32 Å². The lowest BCUT2D eigenvalue weighted by atomic mass is 10.1. The third-order valence-corrected chi connectivity index (χ3v) is 3.49. The van der Waals surface area contributed by atoms with E-state index in [-0.39, 0.29) is 31.0 Å². The predicted molar refractivity (Wildman–Crippen MR) is 85.8 cm³/mol. The highest BCUT2D eigenvalue weighted by Gasteiger charge is 2.15. The maximum absolute atomic E-state index is 12.9. The van der Waals surface area contributed by atoms with Crippen molar-refractivity contribution in [2.45, 2.75) is 26.0 Å². The van der Waals surface area contributed by atoms with Gasteiger partial charge in [0.25, 0.3) is 5.91 Å². The van der Waals surface area contributed by atoms with Gasteiger partial charge in [0.2, 0.25) is 0 Å². The van der Waals surface area contributed by atoms with Crippen LogP contribution in [-0.4, -0.2) is 23.7 Å². The van der Waals surface area contributed by atoms with Gasteiger partial charge in [0.15, 0.2) is 0 Å². The molecule has 2 aromatic rings. The van der Waals surface area contributed by atoms with Crippen LogP contribution in [0.3, 0.4) is 0 Å². The summed E-state index contributed by atoms with van der Waals surface area (Å²) >= 11 is 0. The predicted octanol–water partition coefficient (Wildman–Crippen LogP) is 2.91. The van der Waals surface area contributed by atoms with E-state index in [0.29, 0.717) is 17.7 Å². The summed E-state index contributed by atoms with van der Waals surface area (Å²) in [5.74, 6) is -0.147. The van der Waals surface area contributed by atoms with Crippen molar-refractivity contribution in [1.82, 2.24) is 5.32 Å². The molecule has 0 radical (unpaired) electrons. The number of benzene rings is 2. The number of ether oxygens (including phenoxy) is 1. The smallest absolute Gasteiger partial charge is 0.255 e. The van der Waals surface area contributed by atoms with Crippen LogP contribution in [-0.2, 0) is 6.61 Å². The second-order valence-corrected chi connectivity index (χ2v) is 5.17. The second-order valence-electron chi connectivity index (χ2n) is 5.17. The fourth-order valence-electron chi connectivity index (χ4n) is 2.06. The minimum Gasteiger partial charge on any atom is -0.488 e. The molecule has 1 unspecified atom stereocenters. The van der Waals surface area contributed by atoms with Gasteiger partial charge in [0.1, 0.15) is 18.2 Å². The molecule has 5 heteroatoms. The molecule has 1 atom stereocenters. The van der Waals surface area contributed by atoms with Crippen LogP contribution in [0.2, 0.25) is 0 Å². The van der Waals surface area contributed by atoms with Gasteiger partial charge in [-0.05, 0) is 36.2 Å². The maximum atomic E-state index is 12.9. The van der Waals surface area contributed by atoms with Crippen LogP contribution >= 0.6 is 0 Å². The van der Waals surface area contributed by atoms with Gasteiger partial charge in [0.05, 0.1) is 18.2 Å². The molecule has 23 heavy (non-hydrogen) atoms. The molecule has 0 aliphatic heterocycles. The first-order valence-electron chi connectivity index (χ1n) is 7.52. The standard InChI is InChI=1S/C18H20FNO3/c1-2-15(11-21)20-18(22)16-5-3-4-6-17(16)23-12-13-7-9-14(19)10-8-13/h3-10,15,21H,2,11-12H2,1H3,(H,20,22). The molecule has 2 rings (SSSR count). The van der Waals surface area contributed by atoms with Crippen molar-refractivity contribution in [1.29, 1.82) is 0 Å². The zero-order valence-electron chi connectivity index (χ0n) is 13.0. The lowest BCUT2D eigenvalue weighted by molar-refractivity contribution is 0.0910. The monoisotopic (exact) mass is 317 g/mol. The molecule has 0 heterocycles. The first-order chi connectivity index (χ1) is 11.1. The summed E-state index contributed by atoms with van der Waals surface area (Å²) in [4.78, 5) is 12.3. The highest BCUT2D eigenvalue weighted by Crippen LogP contribution is 2.19. The molecule has 0 saturated carbocycles. The van der Waals surface area contributed by atoms with Crippen LogP contribution in [0.1, 0.15) is 29.3 Å². The molecule has 0 spiro atoms. The number of hydrogen-bond acceptors (Lipinski definition) is 3. The van der Waals surface area contributed by atoms with E-state index >= 15 is 0 Å². The van der Waals surface area contributed by atoms with E-state index in [1.54, 1.807) is 36.4 Å². The number of aliphatic hydroxyl groups is 1. The lowest BCUT2D eigenvalue weighted by Gasteiger charge is -2.16. The molecule has 0 aliphatic carbocycles. The summed E-state index contributed by atoms with van der Waals surface area (Å²) in [6.07, 6.45) is 0.640. The van der Waals surface area contributed by atoms with Crippen LogP contribution in [0.15, 0.2) is 48.5 Å². The minimum atomic E-state index is -0.303. The number of para-hydroxylation sites is 1. The van der Waals surface area contributed by atoms with E-state index in [1.807, 2.05) is 6.92 Å². The summed E-state index contributed by atoms with van der Waals surface area (Å²) in [7, 11) is 0. The molecule has 122 valence electrons. The first-order valence-corrected chi connectivity index (χ1v) is 7.52. The highest BCUT2D eigenvalue weighted by atomic mass is 19.1. The average molecular weight is 317 g/mol. The summed E-state index contributed by atoms with van der Waals surface area (Å²) in [5.41, 5.74) is 1.21. The lowest BCUT2D eigenvalue weighted by Crippen LogP contribution is -2.37. The molecule has 0 aromatic heterocycles. The van der Waals surface area contributed by atoms with Crippen molar-refractivity contribution in [3.05, 3.63) is 65.5 Å². The van der Waals surface area contributed by atoms with Crippen molar-refractivity contribution in [3.8, 4) is 5.75 Å². The Morgan fingerprint density at radius 2 is 1.91 bits per heavy atom. The third kappa shape index (κ3) is 4.79. The normalized spacial score (nSPS) is 11.8. The quantitative estimate of drug-likeness (QED) is 0.825. The molecule has 0 fully saturated rings.